The zero-order chi connectivity index (χ0) is 22.3. The second-order valence-electron chi connectivity index (χ2n) is 8.62. The van der Waals surface area contributed by atoms with Gasteiger partial charge in [-0.15, -0.1) is 0 Å². The Bertz CT molecular complexity index is 885. The first-order valence-electron chi connectivity index (χ1n) is 10.1. The first-order chi connectivity index (χ1) is 14.1. The summed E-state index contributed by atoms with van der Waals surface area (Å²) in [7, 11) is 0. The molecule has 6 heteroatoms. The number of amides is 2. The number of benzene rings is 2. The highest BCUT2D eigenvalue weighted by molar-refractivity contribution is 5.83. The Balaban J connectivity index is 1.82. The topological polar surface area (TPSA) is 76.7 Å². The van der Waals surface area contributed by atoms with Crippen LogP contribution in [0.5, 0.6) is 11.5 Å². The molecule has 2 amide bonds. The fraction of sp³-hybridized carbons (Fsp3) is 0.417. The molecule has 2 rings (SSSR count). The molecule has 0 aromatic heterocycles. The third-order valence-corrected chi connectivity index (χ3v) is 4.55. The van der Waals surface area contributed by atoms with Gasteiger partial charge in [-0.1, -0.05) is 65.0 Å². The second-order valence-corrected chi connectivity index (χ2v) is 8.62. The Morgan fingerprint density at radius 3 is 2.03 bits per heavy atom. The molecule has 0 atom stereocenters. The van der Waals surface area contributed by atoms with E-state index in [2.05, 4.69) is 45.5 Å². The van der Waals surface area contributed by atoms with Gasteiger partial charge in [-0.2, -0.15) is 0 Å². The van der Waals surface area contributed by atoms with Gasteiger partial charge >= 0.3 is 0 Å². The summed E-state index contributed by atoms with van der Waals surface area (Å²) in [4.78, 5) is 24.1. The van der Waals surface area contributed by atoms with Crippen LogP contribution in [0.3, 0.4) is 0 Å². The number of aryl methyl sites for hydroxylation is 1. The molecule has 162 valence electrons. The van der Waals surface area contributed by atoms with E-state index in [4.69, 9.17) is 9.47 Å². The molecule has 0 bridgehead atoms. The van der Waals surface area contributed by atoms with Gasteiger partial charge in [0.25, 0.3) is 11.8 Å². The van der Waals surface area contributed by atoms with Crippen molar-refractivity contribution in [3.05, 3.63) is 59.2 Å². The molecule has 6 nitrogen and oxygen atoms in total. The Morgan fingerprint density at radius 2 is 1.47 bits per heavy atom. The molecule has 0 saturated heterocycles. The number of para-hydroxylation sites is 1. The van der Waals surface area contributed by atoms with Crippen molar-refractivity contribution < 1.29 is 19.1 Å². The van der Waals surface area contributed by atoms with Crippen LogP contribution in [-0.2, 0) is 15.0 Å². The molecule has 30 heavy (non-hydrogen) atoms. The van der Waals surface area contributed by atoms with E-state index in [1.807, 2.05) is 49.4 Å². The predicted octanol–water partition coefficient (Wildman–Crippen LogP) is 4.02. The zero-order valence-corrected chi connectivity index (χ0v) is 18.7. The molecule has 0 aliphatic heterocycles. The van der Waals surface area contributed by atoms with Gasteiger partial charge in [-0.25, -0.2) is 0 Å². The van der Waals surface area contributed by atoms with E-state index >= 15 is 0 Å². The van der Waals surface area contributed by atoms with Crippen molar-refractivity contribution in [3.8, 4) is 11.5 Å². The van der Waals surface area contributed by atoms with Crippen LogP contribution < -0.4 is 20.3 Å². The van der Waals surface area contributed by atoms with Gasteiger partial charge in [0.2, 0.25) is 0 Å². The molecular formula is C24H32N2O4. The SMILES string of the molecule is Cc1ccc(C(C)C)c(OCC(=O)NNC(=O)COc2ccccc2C(C)(C)C)c1. The Kier molecular flexibility index (Phi) is 7.86. The number of hydrogen-bond donors (Lipinski definition) is 2. The number of ether oxygens (including phenoxy) is 2. The summed E-state index contributed by atoms with van der Waals surface area (Å²) in [6.07, 6.45) is 0. The predicted molar refractivity (Wildman–Crippen MR) is 118 cm³/mol. The first kappa shape index (κ1) is 23.3. The molecular weight excluding hydrogens is 380 g/mol. The van der Waals surface area contributed by atoms with E-state index < -0.39 is 11.8 Å². The molecule has 0 heterocycles. The highest BCUT2D eigenvalue weighted by Crippen LogP contribution is 2.31. The van der Waals surface area contributed by atoms with Crippen molar-refractivity contribution in [2.24, 2.45) is 0 Å². The maximum absolute atomic E-state index is 12.1. The lowest BCUT2D eigenvalue weighted by Crippen LogP contribution is -2.45. The molecule has 0 aliphatic rings. The zero-order valence-electron chi connectivity index (χ0n) is 18.7. The van der Waals surface area contributed by atoms with E-state index in [0.717, 1.165) is 16.7 Å². The minimum absolute atomic E-state index is 0.108. The third-order valence-electron chi connectivity index (χ3n) is 4.55. The minimum atomic E-state index is -0.453. The van der Waals surface area contributed by atoms with Crippen molar-refractivity contribution >= 4 is 11.8 Å². The average molecular weight is 413 g/mol. The second kappa shape index (κ2) is 10.1. The minimum Gasteiger partial charge on any atom is -0.483 e. The first-order valence-corrected chi connectivity index (χ1v) is 10.1. The fourth-order valence-corrected chi connectivity index (χ4v) is 2.95. The normalized spacial score (nSPS) is 11.2. The fourth-order valence-electron chi connectivity index (χ4n) is 2.95. The van der Waals surface area contributed by atoms with Crippen LogP contribution in [0.1, 0.15) is 57.2 Å². The van der Waals surface area contributed by atoms with Gasteiger partial charge in [0, 0.05) is 0 Å². The van der Waals surface area contributed by atoms with Gasteiger partial charge in [0.15, 0.2) is 13.2 Å². The van der Waals surface area contributed by atoms with Gasteiger partial charge in [-0.05, 0) is 47.1 Å². The summed E-state index contributed by atoms with van der Waals surface area (Å²) in [5.74, 6) is 0.695. The average Bonchev–Trinajstić information content (AvgIpc) is 2.68. The maximum Gasteiger partial charge on any atom is 0.276 e. The Labute approximate surface area is 178 Å². The Hall–Kier alpha value is -3.02. The van der Waals surface area contributed by atoms with Crippen LogP contribution in [0.2, 0.25) is 0 Å². The van der Waals surface area contributed by atoms with Crippen LogP contribution in [0.25, 0.3) is 0 Å². The number of carbonyl (C=O) groups is 2. The van der Waals surface area contributed by atoms with E-state index in [9.17, 15) is 9.59 Å². The number of rotatable bonds is 7. The summed E-state index contributed by atoms with van der Waals surface area (Å²) in [5, 5.41) is 0. The van der Waals surface area contributed by atoms with E-state index in [1.54, 1.807) is 0 Å². The van der Waals surface area contributed by atoms with Gasteiger partial charge in [0.1, 0.15) is 11.5 Å². The quantitative estimate of drug-likeness (QED) is 0.674. The van der Waals surface area contributed by atoms with Crippen LogP contribution in [0.15, 0.2) is 42.5 Å². The molecule has 0 aliphatic carbocycles. The summed E-state index contributed by atoms with van der Waals surface area (Å²) >= 11 is 0. The maximum atomic E-state index is 12.1. The van der Waals surface area contributed by atoms with Crippen LogP contribution in [0.4, 0.5) is 0 Å². The lowest BCUT2D eigenvalue weighted by molar-refractivity contribution is -0.131. The molecule has 2 aromatic rings. The van der Waals surface area contributed by atoms with Gasteiger partial charge in [0.05, 0.1) is 0 Å². The third kappa shape index (κ3) is 6.79. The number of carbonyl (C=O) groups excluding carboxylic acids is 2. The van der Waals surface area contributed by atoms with Crippen molar-refractivity contribution in [1.82, 2.24) is 10.9 Å². The van der Waals surface area contributed by atoms with E-state index in [0.29, 0.717) is 11.5 Å². The number of hydrogen-bond acceptors (Lipinski definition) is 4. The summed E-state index contributed by atoms with van der Waals surface area (Å²) in [6.45, 7) is 11.9. The molecule has 0 saturated carbocycles. The number of hydrazine groups is 1. The van der Waals surface area contributed by atoms with Crippen molar-refractivity contribution in [2.45, 2.75) is 52.9 Å². The molecule has 0 unspecified atom stereocenters. The van der Waals surface area contributed by atoms with Crippen molar-refractivity contribution in [2.75, 3.05) is 13.2 Å². The van der Waals surface area contributed by atoms with Crippen LogP contribution in [0, 0.1) is 6.92 Å². The standard InChI is InChI=1S/C24H32N2O4/c1-16(2)18-12-11-17(3)13-21(18)30-15-23(28)26-25-22(27)14-29-20-10-8-7-9-19(20)24(4,5)6/h7-13,16H,14-15H2,1-6H3,(H,25,27)(H,26,28). The molecule has 0 fully saturated rings. The highest BCUT2D eigenvalue weighted by atomic mass is 16.5. The monoisotopic (exact) mass is 412 g/mol. The van der Waals surface area contributed by atoms with Crippen molar-refractivity contribution in [1.29, 1.82) is 0 Å². The molecule has 0 spiro atoms. The summed E-state index contributed by atoms with van der Waals surface area (Å²) < 4.78 is 11.3. The van der Waals surface area contributed by atoms with Crippen molar-refractivity contribution in [3.63, 3.8) is 0 Å². The summed E-state index contributed by atoms with van der Waals surface area (Å²) in [6, 6.07) is 13.5. The lowest BCUT2D eigenvalue weighted by atomic mass is 9.86. The van der Waals surface area contributed by atoms with Crippen LogP contribution >= 0.6 is 0 Å². The van der Waals surface area contributed by atoms with Gasteiger partial charge < -0.3 is 9.47 Å². The highest BCUT2D eigenvalue weighted by Gasteiger charge is 2.19. The smallest absolute Gasteiger partial charge is 0.276 e. The Morgan fingerprint density at radius 1 is 0.900 bits per heavy atom. The molecule has 2 aromatic carbocycles. The molecule has 2 N–H and O–H groups in total. The van der Waals surface area contributed by atoms with Gasteiger partial charge in [-0.3, -0.25) is 20.4 Å². The lowest BCUT2D eigenvalue weighted by Gasteiger charge is -2.22. The van der Waals surface area contributed by atoms with E-state index in [-0.39, 0.29) is 24.5 Å². The summed E-state index contributed by atoms with van der Waals surface area (Å²) in [5.41, 5.74) is 7.69. The number of nitrogens with one attached hydrogen (secondary N) is 2. The van der Waals surface area contributed by atoms with E-state index in [1.165, 1.54) is 0 Å². The molecule has 0 radical (unpaired) electrons. The largest absolute Gasteiger partial charge is 0.483 e. The van der Waals surface area contributed by atoms with Crippen LogP contribution in [-0.4, -0.2) is 25.0 Å².